The van der Waals surface area contributed by atoms with Gasteiger partial charge in [-0.25, -0.2) is 0 Å². The standard InChI is InChI=1S/C26H19Br2ClN2O5S/c1-35-22-10-15(5-8-21(22)36-14-24(32)30-18-6-7-19(28)20(29)12-18)11-23-25(33)31(26(34)37-23)13-16-3-2-4-17(27)9-16/h2-12H,13-14H2,1H3,(H,30,32)/b23-11+. The van der Waals surface area contributed by atoms with Crippen LogP contribution in [-0.2, 0) is 16.1 Å². The number of amides is 3. The van der Waals surface area contributed by atoms with Crippen molar-refractivity contribution < 1.29 is 23.9 Å². The maximum absolute atomic E-state index is 12.9. The molecule has 1 heterocycles. The van der Waals surface area contributed by atoms with E-state index in [0.29, 0.717) is 32.7 Å². The van der Waals surface area contributed by atoms with Crippen molar-refractivity contribution >= 4 is 84.0 Å². The number of benzene rings is 3. The van der Waals surface area contributed by atoms with Crippen LogP contribution in [0.15, 0.2) is 74.5 Å². The highest BCUT2D eigenvalue weighted by molar-refractivity contribution is 9.10. The van der Waals surface area contributed by atoms with Gasteiger partial charge in [-0.15, -0.1) is 0 Å². The van der Waals surface area contributed by atoms with Crippen LogP contribution in [0.25, 0.3) is 6.08 Å². The molecule has 0 radical (unpaired) electrons. The molecule has 4 rings (SSSR count). The van der Waals surface area contributed by atoms with Crippen LogP contribution in [0.1, 0.15) is 11.1 Å². The third kappa shape index (κ3) is 6.95. The van der Waals surface area contributed by atoms with Gasteiger partial charge in [-0.2, -0.15) is 0 Å². The number of thioether (sulfide) groups is 1. The SMILES string of the molecule is COc1cc(/C=C2/SC(=O)N(Cc3cccc(Br)c3)C2=O)ccc1OCC(=O)Nc1ccc(Br)c(Cl)c1. The number of rotatable bonds is 8. The van der Waals surface area contributed by atoms with Crippen molar-refractivity contribution in [3.8, 4) is 11.5 Å². The molecule has 3 aromatic carbocycles. The lowest BCUT2D eigenvalue weighted by molar-refractivity contribution is -0.123. The molecular formula is C26H19Br2ClN2O5S. The minimum absolute atomic E-state index is 0.187. The van der Waals surface area contributed by atoms with Crippen LogP contribution in [0, 0.1) is 0 Å². The highest BCUT2D eigenvalue weighted by Gasteiger charge is 2.35. The monoisotopic (exact) mass is 664 g/mol. The van der Waals surface area contributed by atoms with E-state index < -0.39 is 0 Å². The lowest BCUT2D eigenvalue weighted by atomic mass is 10.1. The van der Waals surface area contributed by atoms with Crippen molar-refractivity contribution in [2.24, 2.45) is 0 Å². The van der Waals surface area contributed by atoms with Crippen molar-refractivity contribution in [1.82, 2.24) is 4.90 Å². The first-order chi connectivity index (χ1) is 17.7. The van der Waals surface area contributed by atoms with Gasteiger partial charge in [0.1, 0.15) is 0 Å². The van der Waals surface area contributed by atoms with Gasteiger partial charge < -0.3 is 14.8 Å². The van der Waals surface area contributed by atoms with Crippen LogP contribution in [0.2, 0.25) is 5.02 Å². The van der Waals surface area contributed by atoms with E-state index >= 15 is 0 Å². The van der Waals surface area contributed by atoms with Crippen LogP contribution >= 0.6 is 55.2 Å². The van der Waals surface area contributed by atoms with Gasteiger partial charge in [0.15, 0.2) is 18.1 Å². The Morgan fingerprint density at radius 3 is 2.62 bits per heavy atom. The quantitative estimate of drug-likeness (QED) is 0.258. The van der Waals surface area contributed by atoms with Gasteiger partial charge in [0.05, 0.1) is 23.6 Å². The Labute approximate surface area is 239 Å². The second-order valence-electron chi connectivity index (χ2n) is 7.77. The third-order valence-electron chi connectivity index (χ3n) is 5.15. The largest absolute Gasteiger partial charge is 0.493 e. The van der Waals surface area contributed by atoms with E-state index in [2.05, 4.69) is 37.2 Å². The number of nitrogens with zero attached hydrogens (tertiary/aromatic N) is 1. The van der Waals surface area contributed by atoms with Crippen LogP contribution in [0.4, 0.5) is 10.5 Å². The molecule has 7 nitrogen and oxygen atoms in total. The summed E-state index contributed by atoms with van der Waals surface area (Å²) in [4.78, 5) is 39.2. The van der Waals surface area contributed by atoms with Crippen LogP contribution in [0.5, 0.6) is 11.5 Å². The van der Waals surface area contributed by atoms with E-state index in [-0.39, 0.29) is 30.2 Å². The highest BCUT2D eigenvalue weighted by atomic mass is 79.9. The molecule has 190 valence electrons. The maximum Gasteiger partial charge on any atom is 0.293 e. The normalized spacial score (nSPS) is 14.3. The van der Waals surface area contributed by atoms with E-state index in [9.17, 15) is 14.4 Å². The summed E-state index contributed by atoms with van der Waals surface area (Å²) in [6, 6.07) is 17.5. The number of methoxy groups -OCH3 is 1. The zero-order valence-electron chi connectivity index (χ0n) is 19.3. The van der Waals surface area contributed by atoms with Gasteiger partial charge >= 0.3 is 0 Å². The predicted molar refractivity (Wildman–Crippen MR) is 152 cm³/mol. The molecule has 0 bridgehead atoms. The number of carbonyl (C=O) groups is 3. The molecule has 1 aliphatic heterocycles. The number of halogens is 3. The second kappa shape index (κ2) is 12.2. The summed E-state index contributed by atoms with van der Waals surface area (Å²) in [7, 11) is 1.47. The smallest absolute Gasteiger partial charge is 0.293 e. The average Bonchev–Trinajstić information content (AvgIpc) is 3.12. The molecule has 0 atom stereocenters. The number of ether oxygens (including phenoxy) is 2. The van der Waals surface area contributed by atoms with Gasteiger partial charge in [0.2, 0.25) is 0 Å². The zero-order chi connectivity index (χ0) is 26.5. The Hall–Kier alpha value is -2.79. The molecule has 1 fully saturated rings. The Kier molecular flexibility index (Phi) is 8.96. The number of hydrogen-bond donors (Lipinski definition) is 1. The summed E-state index contributed by atoms with van der Waals surface area (Å²) < 4.78 is 12.6. The molecule has 0 unspecified atom stereocenters. The van der Waals surface area contributed by atoms with Crippen molar-refractivity contribution in [3.63, 3.8) is 0 Å². The van der Waals surface area contributed by atoms with Crippen LogP contribution in [0.3, 0.4) is 0 Å². The molecule has 0 aliphatic carbocycles. The summed E-state index contributed by atoms with van der Waals surface area (Å²) >= 11 is 13.6. The van der Waals surface area contributed by atoms with Crippen LogP contribution in [-0.4, -0.2) is 35.7 Å². The highest BCUT2D eigenvalue weighted by Crippen LogP contribution is 2.35. The molecular weight excluding hydrogens is 648 g/mol. The Morgan fingerprint density at radius 1 is 1.08 bits per heavy atom. The molecule has 1 N–H and O–H groups in total. The van der Waals surface area contributed by atoms with Crippen molar-refractivity contribution in [2.45, 2.75) is 6.54 Å². The molecule has 1 aliphatic rings. The van der Waals surface area contributed by atoms with E-state index in [1.165, 1.54) is 12.0 Å². The first-order valence-corrected chi connectivity index (χ1v) is 13.6. The Morgan fingerprint density at radius 2 is 1.89 bits per heavy atom. The maximum atomic E-state index is 12.9. The average molecular weight is 667 g/mol. The molecule has 3 aromatic rings. The summed E-state index contributed by atoms with van der Waals surface area (Å²) in [6.07, 6.45) is 1.63. The Bertz CT molecular complexity index is 1420. The van der Waals surface area contributed by atoms with Gasteiger partial charge in [0.25, 0.3) is 17.1 Å². The van der Waals surface area contributed by atoms with Gasteiger partial charge in [0, 0.05) is 14.6 Å². The first-order valence-electron chi connectivity index (χ1n) is 10.8. The van der Waals surface area contributed by atoms with Crippen molar-refractivity contribution in [3.05, 3.63) is 90.7 Å². The fraction of sp³-hybridized carbons (Fsp3) is 0.115. The van der Waals surface area contributed by atoms with Crippen molar-refractivity contribution in [1.29, 1.82) is 0 Å². The molecule has 0 spiro atoms. The van der Waals surface area contributed by atoms with Gasteiger partial charge in [-0.1, -0.05) is 45.7 Å². The van der Waals surface area contributed by atoms with E-state index in [0.717, 1.165) is 26.3 Å². The second-order valence-corrected chi connectivity index (χ2v) is 10.9. The predicted octanol–water partition coefficient (Wildman–Crippen LogP) is 7.13. The summed E-state index contributed by atoms with van der Waals surface area (Å²) in [5.74, 6) is -0.00405. The molecule has 1 saturated heterocycles. The Balaban J connectivity index is 1.41. The zero-order valence-corrected chi connectivity index (χ0v) is 24.0. The number of hydrogen-bond acceptors (Lipinski definition) is 6. The van der Waals surface area contributed by atoms with Crippen molar-refractivity contribution in [2.75, 3.05) is 19.0 Å². The molecule has 11 heteroatoms. The summed E-state index contributed by atoms with van der Waals surface area (Å²) in [5, 5.41) is 2.85. The molecule has 3 amide bonds. The fourth-order valence-electron chi connectivity index (χ4n) is 3.41. The number of anilines is 1. The van der Waals surface area contributed by atoms with E-state index in [4.69, 9.17) is 21.1 Å². The van der Waals surface area contributed by atoms with E-state index in [1.54, 1.807) is 42.5 Å². The molecule has 37 heavy (non-hydrogen) atoms. The summed E-state index contributed by atoms with van der Waals surface area (Å²) in [6.45, 7) is -0.0655. The minimum atomic E-state index is -0.372. The number of imide groups is 1. The number of nitrogens with one attached hydrogen (secondary N) is 1. The molecule has 0 saturated carbocycles. The lowest BCUT2D eigenvalue weighted by Gasteiger charge is -2.13. The fourth-order valence-corrected chi connectivity index (χ4v) is 5.13. The third-order valence-corrected chi connectivity index (χ3v) is 7.78. The van der Waals surface area contributed by atoms with Gasteiger partial charge in [-0.3, -0.25) is 19.3 Å². The topological polar surface area (TPSA) is 84.9 Å². The number of carbonyl (C=O) groups excluding carboxylic acids is 3. The summed E-state index contributed by atoms with van der Waals surface area (Å²) in [5.41, 5.74) is 2.03. The van der Waals surface area contributed by atoms with Crippen LogP contribution < -0.4 is 14.8 Å². The minimum Gasteiger partial charge on any atom is -0.493 e. The van der Waals surface area contributed by atoms with E-state index in [1.807, 2.05) is 24.3 Å². The first kappa shape index (κ1) is 27.3. The van der Waals surface area contributed by atoms with Gasteiger partial charge in [-0.05, 0) is 87.4 Å². The lowest BCUT2D eigenvalue weighted by Crippen LogP contribution is -2.27. The molecule has 0 aromatic heterocycles.